The maximum absolute atomic E-state index is 13.2. The van der Waals surface area contributed by atoms with Gasteiger partial charge in [0.1, 0.15) is 18.1 Å². The van der Waals surface area contributed by atoms with Gasteiger partial charge in [-0.3, -0.25) is 4.79 Å². The predicted molar refractivity (Wildman–Crippen MR) is 115 cm³/mol. The summed E-state index contributed by atoms with van der Waals surface area (Å²) in [6.45, 7) is 0.177. The molecule has 31 heavy (non-hydrogen) atoms. The fraction of sp³-hybridized carbons (Fsp3) is 0.217. The number of aromatic nitrogens is 4. The van der Waals surface area contributed by atoms with Crippen LogP contribution < -0.4 is 14.8 Å². The van der Waals surface area contributed by atoms with Crippen molar-refractivity contribution >= 4 is 22.4 Å². The number of rotatable bonds is 7. The Kier molecular flexibility index (Phi) is 4.95. The van der Waals surface area contributed by atoms with Gasteiger partial charge in [-0.25, -0.2) is 4.68 Å². The third-order valence-corrected chi connectivity index (χ3v) is 5.26. The first-order chi connectivity index (χ1) is 15.2. The van der Waals surface area contributed by atoms with E-state index in [1.165, 1.54) is 0 Å². The second-order valence-corrected chi connectivity index (χ2v) is 7.41. The molecule has 0 bridgehead atoms. The van der Waals surface area contributed by atoms with E-state index in [9.17, 15) is 4.79 Å². The number of nitrogens with one attached hydrogen (secondary N) is 1. The molecule has 1 aromatic heterocycles. The number of para-hydroxylation sites is 2. The molecule has 0 radical (unpaired) electrons. The van der Waals surface area contributed by atoms with Gasteiger partial charge in [0.2, 0.25) is 0 Å². The molecule has 4 aromatic rings. The molecule has 8 nitrogen and oxygen atoms in total. The zero-order valence-corrected chi connectivity index (χ0v) is 17.0. The normalized spacial score (nSPS) is 13.2. The van der Waals surface area contributed by atoms with Crippen LogP contribution in [-0.4, -0.2) is 33.2 Å². The molecule has 1 N–H and O–H groups in total. The number of nitrogens with zero attached hydrogens (tertiary/aromatic N) is 4. The van der Waals surface area contributed by atoms with Crippen LogP contribution in [-0.2, 0) is 6.61 Å². The molecule has 1 amide bonds. The van der Waals surface area contributed by atoms with Crippen LogP contribution in [0, 0.1) is 0 Å². The highest BCUT2D eigenvalue weighted by molar-refractivity contribution is 6.09. The van der Waals surface area contributed by atoms with Gasteiger partial charge in [-0.1, -0.05) is 36.4 Å². The van der Waals surface area contributed by atoms with Crippen molar-refractivity contribution in [3.05, 3.63) is 72.1 Å². The lowest BCUT2D eigenvalue weighted by Crippen LogP contribution is -2.15. The Morgan fingerprint density at radius 3 is 2.58 bits per heavy atom. The number of tetrazole rings is 1. The van der Waals surface area contributed by atoms with Gasteiger partial charge in [-0.05, 0) is 58.3 Å². The first kappa shape index (κ1) is 19.0. The first-order valence-electron chi connectivity index (χ1n) is 10.1. The van der Waals surface area contributed by atoms with Crippen LogP contribution in [0.1, 0.15) is 35.1 Å². The summed E-state index contributed by atoms with van der Waals surface area (Å²) in [5.41, 5.74) is 1.02. The first-order valence-corrected chi connectivity index (χ1v) is 10.1. The Bertz CT molecular complexity index is 1250. The number of carbonyl (C=O) groups is 1. The van der Waals surface area contributed by atoms with E-state index in [0.717, 1.165) is 23.6 Å². The van der Waals surface area contributed by atoms with Gasteiger partial charge >= 0.3 is 0 Å². The zero-order chi connectivity index (χ0) is 21.2. The van der Waals surface area contributed by atoms with Gasteiger partial charge in [-0.15, -0.1) is 5.10 Å². The molecular formula is C23H21N5O3. The van der Waals surface area contributed by atoms with Gasteiger partial charge in [0, 0.05) is 0 Å². The average Bonchev–Trinajstić information content (AvgIpc) is 3.54. The summed E-state index contributed by atoms with van der Waals surface area (Å²) in [6, 6.07) is 19.2. The second-order valence-electron chi connectivity index (χ2n) is 7.41. The molecule has 8 heteroatoms. The van der Waals surface area contributed by atoms with Crippen LogP contribution in [0.3, 0.4) is 0 Å². The van der Waals surface area contributed by atoms with Crippen molar-refractivity contribution in [3.8, 4) is 11.5 Å². The average molecular weight is 415 g/mol. The van der Waals surface area contributed by atoms with Crippen molar-refractivity contribution in [2.75, 3.05) is 12.4 Å². The Balaban J connectivity index is 1.46. The van der Waals surface area contributed by atoms with E-state index in [0.29, 0.717) is 34.6 Å². The van der Waals surface area contributed by atoms with E-state index in [4.69, 9.17) is 9.47 Å². The van der Waals surface area contributed by atoms with E-state index < -0.39 is 0 Å². The molecule has 0 aliphatic heterocycles. The Morgan fingerprint density at radius 2 is 1.81 bits per heavy atom. The maximum Gasteiger partial charge on any atom is 0.259 e. The smallest absolute Gasteiger partial charge is 0.259 e. The van der Waals surface area contributed by atoms with Crippen molar-refractivity contribution in [3.63, 3.8) is 0 Å². The maximum atomic E-state index is 13.2. The fourth-order valence-electron chi connectivity index (χ4n) is 3.51. The highest BCUT2D eigenvalue weighted by Gasteiger charge is 2.28. The van der Waals surface area contributed by atoms with Gasteiger partial charge in [0.05, 0.1) is 24.4 Å². The second kappa shape index (κ2) is 8.06. The number of methoxy groups -OCH3 is 1. The fourth-order valence-corrected chi connectivity index (χ4v) is 3.51. The predicted octanol–water partition coefficient (Wildman–Crippen LogP) is 4.00. The number of hydrogen-bond donors (Lipinski definition) is 1. The Labute approximate surface area is 178 Å². The number of hydrogen-bond acceptors (Lipinski definition) is 6. The van der Waals surface area contributed by atoms with Crippen molar-refractivity contribution < 1.29 is 14.3 Å². The van der Waals surface area contributed by atoms with Gasteiger partial charge in [0.15, 0.2) is 5.82 Å². The highest BCUT2D eigenvalue weighted by Crippen LogP contribution is 2.35. The molecule has 3 aromatic carbocycles. The lowest BCUT2D eigenvalue weighted by molar-refractivity contribution is 0.102. The standard InChI is InChI=1S/C23H21N5O3/c1-30-20-9-5-4-8-19(20)24-23(29)18-12-15-6-2-3-7-16(15)13-21(18)31-14-22-25-26-27-28(22)17-10-11-17/h2-9,12-13,17H,10-11,14H2,1H3,(H,24,29). The molecule has 5 rings (SSSR count). The topological polar surface area (TPSA) is 91.2 Å². The summed E-state index contributed by atoms with van der Waals surface area (Å²) < 4.78 is 13.2. The number of benzene rings is 3. The lowest BCUT2D eigenvalue weighted by atomic mass is 10.1. The van der Waals surface area contributed by atoms with Crippen LogP contribution in [0.15, 0.2) is 60.7 Å². The molecule has 0 saturated heterocycles. The number of amides is 1. The van der Waals surface area contributed by atoms with Crippen molar-refractivity contribution in [1.82, 2.24) is 20.2 Å². The van der Waals surface area contributed by atoms with Crippen LogP contribution in [0.4, 0.5) is 5.69 Å². The summed E-state index contributed by atoms with van der Waals surface area (Å²) in [7, 11) is 1.57. The van der Waals surface area contributed by atoms with E-state index in [1.54, 1.807) is 23.9 Å². The summed E-state index contributed by atoms with van der Waals surface area (Å²) in [4.78, 5) is 13.2. The molecule has 1 aliphatic rings. The molecular weight excluding hydrogens is 394 g/mol. The van der Waals surface area contributed by atoms with Crippen LogP contribution in [0.2, 0.25) is 0 Å². The molecule has 1 saturated carbocycles. The van der Waals surface area contributed by atoms with Crippen molar-refractivity contribution in [2.24, 2.45) is 0 Å². The molecule has 1 fully saturated rings. The quantitative estimate of drug-likeness (QED) is 0.491. The highest BCUT2D eigenvalue weighted by atomic mass is 16.5. The summed E-state index contributed by atoms with van der Waals surface area (Å²) in [5, 5.41) is 16.8. The molecule has 0 atom stereocenters. The third-order valence-electron chi connectivity index (χ3n) is 5.26. The third kappa shape index (κ3) is 3.92. The molecule has 156 valence electrons. The van der Waals surface area contributed by atoms with Crippen LogP contribution >= 0.6 is 0 Å². The Morgan fingerprint density at radius 1 is 1.06 bits per heavy atom. The summed E-state index contributed by atoms with van der Waals surface area (Å²) in [5.74, 6) is 1.41. The number of fused-ring (bicyclic) bond motifs is 1. The zero-order valence-electron chi connectivity index (χ0n) is 17.0. The van der Waals surface area contributed by atoms with E-state index in [1.807, 2.05) is 48.5 Å². The lowest BCUT2D eigenvalue weighted by Gasteiger charge is -2.14. The largest absolute Gasteiger partial charge is 0.495 e. The van der Waals surface area contributed by atoms with Crippen molar-refractivity contribution in [2.45, 2.75) is 25.5 Å². The van der Waals surface area contributed by atoms with Crippen LogP contribution in [0.5, 0.6) is 11.5 Å². The van der Waals surface area contributed by atoms with Gasteiger partial charge < -0.3 is 14.8 Å². The van der Waals surface area contributed by atoms with Gasteiger partial charge in [0.25, 0.3) is 5.91 Å². The SMILES string of the molecule is COc1ccccc1NC(=O)c1cc2ccccc2cc1OCc1nnnn1C1CC1. The summed E-state index contributed by atoms with van der Waals surface area (Å²) >= 11 is 0. The molecule has 0 spiro atoms. The minimum absolute atomic E-state index is 0.177. The minimum Gasteiger partial charge on any atom is -0.495 e. The molecule has 0 unspecified atom stereocenters. The minimum atomic E-state index is -0.285. The van der Waals surface area contributed by atoms with E-state index in [2.05, 4.69) is 20.8 Å². The molecule has 1 heterocycles. The number of carbonyl (C=O) groups excluding carboxylic acids is 1. The molecule has 1 aliphatic carbocycles. The monoisotopic (exact) mass is 415 g/mol. The Hall–Kier alpha value is -3.94. The van der Waals surface area contributed by atoms with Crippen LogP contribution in [0.25, 0.3) is 10.8 Å². The van der Waals surface area contributed by atoms with E-state index >= 15 is 0 Å². The number of ether oxygens (including phenoxy) is 2. The van der Waals surface area contributed by atoms with Gasteiger partial charge in [-0.2, -0.15) is 0 Å². The summed E-state index contributed by atoms with van der Waals surface area (Å²) in [6.07, 6.45) is 2.14. The number of anilines is 1. The van der Waals surface area contributed by atoms with Crippen molar-refractivity contribution in [1.29, 1.82) is 0 Å². The van der Waals surface area contributed by atoms with E-state index in [-0.39, 0.29) is 12.5 Å².